The summed E-state index contributed by atoms with van der Waals surface area (Å²) in [6.45, 7) is 14.7. The molecule has 5 heteroatoms. The molecule has 0 aromatic carbocycles. The van der Waals surface area contributed by atoms with Crippen LogP contribution in [0.5, 0.6) is 0 Å². The second kappa shape index (κ2) is 6.00. The molecule has 2 rings (SSSR count). The van der Waals surface area contributed by atoms with Crippen molar-refractivity contribution in [1.82, 2.24) is 9.80 Å². The summed E-state index contributed by atoms with van der Waals surface area (Å²) in [7, 11) is 0. The molecule has 0 bridgehead atoms. The number of piperazine rings is 1. The summed E-state index contributed by atoms with van der Waals surface area (Å²) in [5.74, 6) is 0. The zero-order valence-corrected chi connectivity index (χ0v) is 14.8. The fourth-order valence-electron chi connectivity index (χ4n) is 3.43. The molecule has 2 fully saturated rings. The number of amides is 1. The van der Waals surface area contributed by atoms with Crippen LogP contribution < -0.4 is 0 Å². The Morgan fingerprint density at radius 2 is 1.73 bits per heavy atom. The highest BCUT2D eigenvalue weighted by molar-refractivity contribution is 5.68. The molecule has 1 saturated carbocycles. The molecular formula is C17H32N2O3. The van der Waals surface area contributed by atoms with Crippen molar-refractivity contribution in [3.8, 4) is 0 Å². The minimum absolute atomic E-state index is 0.120. The van der Waals surface area contributed by atoms with Crippen molar-refractivity contribution >= 4 is 6.09 Å². The van der Waals surface area contributed by atoms with E-state index in [1.807, 2.05) is 20.8 Å². The Labute approximate surface area is 134 Å². The van der Waals surface area contributed by atoms with Crippen molar-refractivity contribution < 1.29 is 14.6 Å². The SMILES string of the molecule is CC(C)(C)OC(=O)N1CCN(CCC2(CO)CC2(C)C)CC1. The van der Waals surface area contributed by atoms with E-state index in [0.29, 0.717) is 0 Å². The first-order valence-electron chi connectivity index (χ1n) is 8.40. The van der Waals surface area contributed by atoms with E-state index in [9.17, 15) is 9.90 Å². The lowest BCUT2D eigenvalue weighted by Crippen LogP contribution is -2.50. The maximum atomic E-state index is 12.0. The topological polar surface area (TPSA) is 53.0 Å². The van der Waals surface area contributed by atoms with Crippen LogP contribution >= 0.6 is 0 Å². The van der Waals surface area contributed by atoms with E-state index in [0.717, 1.165) is 45.6 Å². The van der Waals surface area contributed by atoms with Gasteiger partial charge in [0.15, 0.2) is 0 Å². The van der Waals surface area contributed by atoms with Gasteiger partial charge in [-0.25, -0.2) is 4.79 Å². The molecule has 0 spiro atoms. The van der Waals surface area contributed by atoms with Gasteiger partial charge >= 0.3 is 6.09 Å². The Hall–Kier alpha value is -0.810. The molecule has 1 saturated heterocycles. The van der Waals surface area contributed by atoms with Gasteiger partial charge in [0.05, 0.1) is 0 Å². The quantitative estimate of drug-likeness (QED) is 0.866. The third-order valence-corrected chi connectivity index (χ3v) is 5.32. The van der Waals surface area contributed by atoms with Gasteiger partial charge in [-0.05, 0) is 45.6 Å². The third-order valence-electron chi connectivity index (χ3n) is 5.32. The number of rotatable bonds is 4. The molecule has 0 aromatic rings. The fraction of sp³-hybridized carbons (Fsp3) is 0.941. The molecular weight excluding hydrogens is 280 g/mol. The van der Waals surface area contributed by atoms with Gasteiger partial charge < -0.3 is 14.7 Å². The van der Waals surface area contributed by atoms with Crippen molar-refractivity contribution in [1.29, 1.82) is 0 Å². The molecule has 1 N–H and O–H groups in total. The fourth-order valence-corrected chi connectivity index (χ4v) is 3.43. The Morgan fingerprint density at radius 3 is 2.14 bits per heavy atom. The van der Waals surface area contributed by atoms with E-state index < -0.39 is 5.60 Å². The Balaban J connectivity index is 1.73. The van der Waals surface area contributed by atoms with Crippen molar-refractivity contribution in [2.75, 3.05) is 39.3 Å². The predicted molar refractivity (Wildman–Crippen MR) is 86.8 cm³/mol. The van der Waals surface area contributed by atoms with Gasteiger partial charge in [-0.2, -0.15) is 0 Å². The highest BCUT2D eigenvalue weighted by Gasteiger charge is 2.59. The highest BCUT2D eigenvalue weighted by Crippen LogP contribution is 2.65. The largest absolute Gasteiger partial charge is 0.444 e. The van der Waals surface area contributed by atoms with Gasteiger partial charge in [-0.1, -0.05) is 13.8 Å². The summed E-state index contributed by atoms with van der Waals surface area (Å²) < 4.78 is 5.42. The predicted octanol–water partition coefficient (Wildman–Crippen LogP) is 2.34. The van der Waals surface area contributed by atoms with Crippen LogP contribution in [0.15, 0.2) is 0 Å². The summed E-state index contributed by atoms with van der Waals surface area (Å²) in [6, 6.07) is 0. The number of hydrogen-bond donors (Lipinski definition) is 1. The molecule has 1 aliphatic carbocycles. The summed E-state index contributed by atoms with van der Waals surface area (Å²) in [5, 5.41) is 9.66. The van der Waals surface area contributed by atoms with Crippen molar-refractivity contribution in [3.63, 3.8) is 0 Å². The van der Waals surface area contributed by atoms with Crippen molar-refractivity contribution in [2.45, 2.75) is 53.1 Å². The van der Waals surface area contributed by atoms with E-state index in [-0.39, 0.29) is 23.5 Å². The van der Waals surface area contributed by atoms with Crippen molar-refractivity contribution in [2.24, 2.45) is 10.8 Å². The molecule has 1 aliphatic heterocycles. The molecule has 5 nitrogen and oxygen atoms in total. The first-order chi connectivity index (χ1) is 10.1. The summed E-state index contributed by atoms with van der Waals surface area (Å²) >= 11 is 0. The number of hydrogen-bond acceptors (Lipinski definition) is 4. The molecule has 0 radical (unpaired) electrons. The van der Waals surface area contributed by atoms with E-state index in [4.69, 9.17) is 4.74 Å². The highest BCUT2D eigenvalue weighted by atomic mass is 16.6. The monoisotopic (exact) mass is 312 g/mol. The van der Waals surface area contributed by atoms with Crippen LogP contribution in [0.1, 0.15) is 47.5 Å². The van der Waals surface area contributed by atoms with E-state index in [2.05, 4.69) is 18.7 Å². The lowest BCUT2D eigenvalue weighted by molar-refractivity contribution is 0.0135. The van der Waals surface area contributed by atoms with E-state index in [1.165, 1.54) is 0 Å². The zero-order valence-electron chi connectivity index (χ0n) is 14.8. The number of nitrogens with zero attached hydrogens (tertiary/aromatic N) is 2. The van der Waals surface area contributed by atoms with Gasteiger partial charge in [-0.15, -0.1) is 0 Å². The normalized spacial score (nSPS) is 28.5. The summed E-state index contributed by atoms with van der Waals surface area (Å²) in [6.07, 6.45) is 1.96. The molecule has 1 amide bonds. The number of carbonyl (C=O) groups excluding carboxylic acids is 1. The molecule has 1 atom stereocenters. The van der Waals surface area contributed by atoms with Gasteiger partial charge in [0.25, 0.3) is 0 Å². The molecule has 1 unspecified atom stereocenters. The Kier molecular flexibility index (Phi) is 4.79. The standard InChI is InChI=1S/C17H32N2O3/c1-15(2,3)22-14(21)19-10-8-18(9-11-19)7-6-17(13-20)12-16(17,4)5/h20H,6-13H2,1-5H3. The first-order valence-corrected chi connectivity index (χ1v) is 8.40. The van der Waals surface area contributed by atoms with Crippen LogP contribution in [0.25, 0.3) is 0 Å². The van der Waals surface area contributed by atoms with Crippen molar-refractivity contribution in [3.05, 3.63) is 0 Å². The van der Waals surface area contributed by atoms with Crippen LogP contribution in [0.3, 0.4) is 0 Å². The van der Waals surface area contributed by atoms with E-state index >= 15 is 0 Å². The summed E-state index contributed by atoms with van der Waals surface area (Å²) in [5.41, 5.74) is -0.0331. The second-order valence-corrected chi connectivity index (χ2v) is 8.56. The first kappa shape index (κ1) is 17.5. The third kappa shape index (κ3) is 3.93. The number of carbonyl (C=O) groups is 1. The van der Waals surface area contributed by atoms with Gasteiger partial charge in [0.1, 0.15) is 5.60 Å². The van der Waals surface area contributed by atoms with Gasteiger partial charge in [0, 0.05) is 38.2 Å². The van der Waals surface area contributed by atoms with Crippen LogP contribution in [0, 0.1) is 10.8 Å². The molecule has 0 aromatic heterocycles. The van der Waals surface area contributed by atoms with Crippen LogP contribution in [-0.2, 0) is 4.74 Å². The lowest BCUT2D eigenvalue weighted by atomic mass is 9.93. The molecule has 2 aliphatic rings. The van der Waals surface area contributed by atoms with Crippen LogP contribution in [0.2, 0.25) is 0 Å². The Bertz CT molecular complexity index is 409. The minimum atomic E-state index is -0.431. The number of aliphatic hydroxyl groups excluding tert-OH is 1. The van der Waals surface area contributed by atoms with Crippen LogP contribution in [0.4, 0.5) is 4.79 Å². The molecule has 1 heterocycles. The minimum Gasteiger partial charge on any atom is -0.444 e. The smallest absolute Gasteiger partial charge is 0.410 e. The van der Waals surface area contributed by atoms with Gasteiger partial charge in [-0.3, -0.25) is 4.90 Å². The maximum absolute atomic E-state index is 12.0. The molecule has 22 heavy (non-hydrogen) atoms. The summed E-state index contributed by atoms with van der Waals surface area (Å²) in [4.78, 5) is 16.2. The zero-order chi connectivity index (χ0) is 16.6. The van der Waals surface area contributed by atoms with E-state index in [1.54, 1.807) is 4.90 Å². The maximum Gasteiger partial charge on any atom is 0.410 e. The number of aliphatic hydroxyl groups is 1. The Morgan fingerprint density at radius 1 is 1.18 bits per heavy atom. The number of ether oxygens (including phenoxy) is 1. The lowest BCUT2D eigenvalue weighted by Gasteiger charge is -2.36. The molecule has 128 valence electrons. The van der Waals surface area contributed by atoms with Gasteiger partial charge in [0.2, 0.25) is 0 Å². The van der Waals surface area contributed by atoms with Crippen LogP contribution in [-0.4, -0.2) is 65.9 Å². The second-order valence-electron chi connectivity index (χ2n) is 8.56. The average molecular weight is 312 g/mol. The average Bonchev–Trinajstić information content (AvgIpc) is 2.97.